The molecule has 0 bridgehead atoms. The van der Waals surface area contributed by atoms with Crippen LogP contribution in [0.4, 0.5) is 0 Å². The predicted octanol–water partition coefficient (Wildman–Crippen LogP) is 4.22. The molecule has 0 heterocycles. The van der Waals surface area contributed by atoms with Crippen molar-refractivity contribution in [2.24, 2.45) is 11.8 Å². The van der Waals surface area contributed by atoms with E-state index in [2.05, 4.69) is 30.9 Å². The predicted molar refractivity (Wildman–Crippen MR) is 93.9 cm³/mol. The summed E-state index contributed by atoms with van der Waals surface area (Å²) in [7, 11) is 0. The minimum absolute atomic E-state index is 0.0381. The summed E-state index contributed by atoms with van der Waals surface area (Å²) in [4.78, 5) is 0. The van der Waals surface area contributed by atoms with E-state index in [1.807, 2.05) is 0 Å². The van der Waals surface area contributed by atoms with Crippen LogP contribution < -0.4 is 5.32 Å². The first-order valence-electron chi connectivity index (χ1n) is 9.17. The van der Waals surface area contributed by atoms with Gasteiger partial charge in [0.05, 0.1) is 6.61 Å². The Morgan fingerprint density at radius 1 is 1.24 bits per heavy atom. The molecule has 0 amide bonds. The highest BCUT2D eigenvalue weighted by Gasteiger charge is 2.41. The molecule has 4 atom stereocenters. The maximum atomic E-state index is 9.93. The molecule has 21 heavy (non-hydrogen) atoms. The average Bonchev–Trinajstić information content (AvgIpc) is 2.89. The van der Waals surface area contributed by atoms with Crippen molar-refractivity contribution >= 4 is 11.8 Å². The number of hydrogen-bond donors (Lipinski definition) is 2. The van der Waals surface area contributed by atoms with Crippen LogP contribution in [-0.2, 0) is 0 Å². The van der Waals surface area contributed by atoms with Gasteiger partial charge in [-0.15, -0.1) is 0 Å². The molecule has 124 valence electrons. The zero-order chi connectivity index (χ0) is 15.1. The Labute approximate surface area is 135 Å². The first-order valence-corrected chi connectivity index (χ1v) is 10.2. The Kier molecular flexibility index (Phi) is 7.37. The zero-order valence-corrected chi connectivity index (χ0v) is 14.9. The fourth-order valence-corrected chi connectivity index (χ4v) is 5.89. The van der Waals surface area contributed by atoms with Crippen molar-refractivity contribution in [1.82, 2.24) is 5.32 Å². The number of nitrogens with one attached hydrogen (secondary N) is 1. The molecule has 0 aromatic carbocycles. The standard InChI is InChI=1S/C18H35NOS/c1-3-11-19-18(14-20)10-5-7-16(18)9-12-21-17-8-4-6-15(2)13-17/h15-17,19-20H,3-14H2,1-2H3. The molecule has 2 rings (SSSR count). The number of aliphatic hydroxyl groups excluding tert-OH is 1. The van der Waals surface area contributed by atoms with Gasteiger partial charge >= 0.3 is 0 Å². The second-order valence-corrected chi connectivity index (χ2v) is 8.79. The van der Waals surface area contributed by atoms with Gasteiger partial charge in [-0.05, 0) is 62.7 Å². The van der Waals surface area contributed by atoms with E-state index in [4.69, 9.17) is 0 Å². The molecular formula is C18H35NOS. The molecule has 0 aliphatic heterocycles. The molecule has 2 saturated carbocycles. The van der Waals surface area contributed by atoms with Gasteiger partial charge in [-0.3, -0.25) is 0 Å². The summed E-state index contributed by atoms with van der Waals surface area (Å²) in [6.45, 7) is 5.99. The number of hydrogen-bond acceptors (Lipinski definition) is 3. The van der Waals surface area contributed by atoms with Gasteiger partial charge in [-0.1, -0.05) is 33.1 Å². The van der Waals surface area contributed by atoms with E-state index in [0.717, 1.165) is 24.1 Å². The minimum atomic E-state index is 0.0381. The van der Waals surface area contributed by atoms with Gasteiger partial charge in [0, 0.05) is 10.8 Å². The molecule has 0 aromatic rings. The third kappa shape index (κ3) is 4.87. The monoisotopic (exact) mass is 313 g/mol. The van der Waals surface area contributed by atoms with Crippen LogP contribution in [0.5, 0.6) is 0 Å². The summed E-state index contributed by atoms with van der Waals surface area (Å²) in [5.74, 6) is 2.91. The lowest BCUT2D eigenvalue weighted by atomic mass is 9.85. The molecule has 2 N–H and O–H groups in total. The third-order valence-electron chi connectivity index (χ3n) is 5.67. The molecule has 0 aromatic heterocycles. The Bertz CT molecular complexity index is 299. The lowest BCUT2D eigenvalue weighted by Crippen LogP contribution is -2.51. The molecule has 2 nitrogen and oxygen atoms in total. The van der Waals surface area contributed by atoms with Crippen molar-refractivity contribution in [2.45, 2.75) is 82.4 Å². The SMILES string of the molecule is CCCNC1(CO)CCCC1CCSC1CCCC(C)C1. The largest absolute Gasteiger partial charge is 0.394 e. The molecule has 2 fully saturated rings. The number of aliphatic hydroxyl groups is 1. The lowest BCUT2D eigenvalue weighted by Gasteiger charge is -2.35. The molecule has 2 aliphatic rings. The maximum absolute atomic E-state index is 9.93. The molecule has 2 aliphatic carbocycles. The van der Waals surface area contributed by atoms with Crippen LogP contribution in [-0.4, -0.2) is 34.8 Å². The number of rotatable bonds is 8. The van der Waals surface area contributed by atoms with E-state index in [9.17, 15) is 5.11 Å². The van der Waals surface area contributed by atoms with E-state index in [1.54, 1.807) is 0 Å². The highest BCUT2D eigenvalue weighted by atomic mass is 32.2. The van der Waals surface area contributed by atoms with Gasteiger partial charge in [0.2, 0.25) is 0 Å². The second kappa shape index (κ2) is 8.79. The summed E-state index contributed by atoms with van der Waals surface area (Å²) < 4.78 is 0. The average molecular weight is 314 g/mol. The smallest absolute Gasteiger partial charge is 0.0616 e. The van der Waals surface area contributed by atoms with Crippen LogP contribution in [0.25, 0.3) is 0 Å². The van der Waals surface area contributed by atoms with Crippen molar-refractivity contribution in [3.05, 3.63) is 0 Å². The summed E-state index contributed by atoms with van der Waals surface area (Å²) >= 11 is 2.21. The number of thioether (sulfide) groups is 1. The van der Waals surface area contributed by atoms with E-state index in [-0.39, 0.29) is 5.54 Å². The summed E-state index contributed by atoms with van der Waals surface area (Å²) in [6.07, 6.45) is 11.9. The van der Waals surface area contributed by atoms with Crippen LogP contribution in [0.1, 0.15) is 71.6 Å². The van der Waals surface area contributed by atoms with Crippen LogP contribution in [0.15, 0.2) is 0 Å². The molecule has 0 spiro atoms. The molecule has 4 unspecified atom stereocenters. The lowest BCUT2D eigenvalue weighted by molar-refractivity contribution is 0.122. The second-order valence-electron chi connectivity index (χ2n) is 7.38. The zero-order valence-electron chi connectivity index (χ0n) is 14.1. The molecular weight excluding hydrogens is 278 g/mol. The van der Waals surface area contributed by atoms with Crippen molar-refractivity contribution in [2.75, 3.05) is 18.9 Å². The van der Waals surface area contributed by atoms with Crippen LogP contribution in [0.2, 0.25) is 0 Å². The summed E-state index contributed by atoms with van der Waals surface area (Å²) in [6, 6.07) is 0. The Hall–Kier alpha value is 0.270. The summed E-state index contributed by atoms with van der Waals surface area (Å²) in [5, 5.41) is 14.5. The van der Waals surface area contributed by atoms with Gasteiger partial charge < -0.3 is 10.4 Å². The van der Waals surface area contributed by atoms with E-state index < -0.39 is 0 Å². The first-order chi connectivity index (χ1) is 10.2. The van der Waals surface area contributed by atoms with E-state index in [1.165, 1.54) is 57.1 Å². The first kappa shape index (κ1) is 17.6. The molecule has 0 saturated heterocycles. The minimum Gasteiger partial charge on any atom is -0.394 e. The topological polar surface area (TPSA) is 32.3 Å². The van der Waals surface area contributed by atoms with Crippen molar-refractivity contribution in [1.29, 1.82) is 0 Å². The summed E-state index contributed by atoms with van der Waals surface area (Å²) in [5.41, 5.74) is 0.0381. The Balaban J connectivity index is 1.75. The molecule has 3 heteroatoms. The van der Waals surface area contributed by atoms with Gasteiger partial charge in [0.15, 0.2) is 0 Å². The van der Waals surface area contributed by atoms with E-state index >= 15 is 0 Å². The van der Waals surface area contributed by atoms with Gasteiger partial charge in [-0.25, -0.2) is 0 Å². The fourth-order valence-electron chi connectivity index (χ4n) is 4.34. The Morgan fingerprint density at radius 2 is 2.10 bits per heavy atom. The molecule has 0 radical (unpaired) electrons. The third-order valence-corrected chi connectivity index (χ3v) is 7.05. The normalized spacial score (nSPS) is 37.0. The maximum Gasteiger partial charge on any atom is 0.0616 e. The van der Waals surface area contributed by atoms with Crippen LogP contribution >= 0.6 is 11.8 Å². The highest BCUT2D eigenvalue weighted by Crippen LogP contribution is 2.40. The fraction of sp³-hybridized carbons (Fsp3) is 1.00. The van der Waals surface area contributed by atoms with Crippen molar-refractivity contribution < 1.29 is 5.11 Å². The van der Waals surface area contributed by atoms with Crippen LogP contribution in [0, 0.1) is 11.8 Å². The highest BCUT2D eigenvalue weighted by molar-refractivity contribution is 7.99. The van der Waals surface area contributed by atoms with Crippen LogP contribution in [0.3, 0.4) is 0 Å². The quantitative estimate of drug-likeness (QED) is 0.704. The van der Waals surface area contributed by atoms with Crippen molar-refractivity contribution in [3.63, 3.8) is 0 Å². The van der Waals surface area contributed by atoms with E-state index in [0.29, 0.717) is 12.5 Å². The van der Waals surface area contributed by atoms with Gasteiger partial charge in [0.1, 0.15) is 0 Å². The van der Waals surface area contributed by atoms with Gasteiger partial charge in [-0.2, -0.15) is 11.8 Å². The van der Waals surface area contributed by atoms with Gasteiger partial charge in [0.25, 0.3) is 0 Å². The Morgan fingerprint density at radius 3 is 2.81 bits per heavy atom. The van der Waals surface area contributed by atoms with Crippen molar-refractivity contribution in [3.8, 4) is 0 Å².